The molecule has 0 N–H and O–H groups in total. The van der Waals surface area contributed by atoms with Gasteiger partial charge in [-0.1, -0.05) is 49.5 Å². The molecule has 2 aliphatic carbocycles. The van der Waals surface area contributed by atoms with Crippen LogP contribution in [0.25, 0.3) is 0 Å². The van der Waals surface area contributed by atoms with Gasteiger partial charge in [0.2, 0.25) is 0 Å². The van der Waals surface area contributed by atoms with Gasteiger partial charge in [-0.05, 0) is 38.0 Å². The lowest BCUT2D eigenvalue weighted by atomic mass is 9.81. The average molecular weight is 190 g/mol. The van der Waals surface area contributed by atoms with E-state index in [-0.39, 0.29) is 0 Å². The molecule has 0 heteroatoms. The van der Waals surface area contributed by atoms with E-state index in [1.807, 2.05) is 0 Å². The van der Waals surface area contributed by atoms with E-state index in [9.17, 15) is 0 Å². The predicted molar refractivity (Wildman–Crippen MR) is 62.2 cm³/mol. The second-order valence-corrected chi connectivity index (χ2v) is 4.96. The summed E-state index contributed by atoms with van der Waals surface area (Å²) < 4.78 is 0. The Hall–Kier alpha value is -0.520. The molecule has 0 bridgehead atoms. The van der Waals surface area contributed by atoms with Gasteiger partial charge in [-0.2, -0.15) is 0 Å². The first kappa shape index (κ1) is 10.0. The van der Waals surface area contributed by atoms with Crippen LogP contribution >= 0.6 is 0 Å². The second kappa shape index (κ2) is 4.82. The molecule has 0 aromatic heterocycles. The third-order valence-corrected chi connectivity index (χ3v) is 3.77. The quantitative estimate of drug-likeness (QED) is 0.535. The Labute approximate surface area is 88.1 Å². The van der Waals surface area contributed by atoms with E-state index in [0.717, 1.165) is 11.8 Å². The minimum atomic E-state index is 0.859. The molecular weight excluding hydrogens is 168 g/mol. The molecule has 2 aliphatic rings. The molecule has 0 radical (unpaired) electrons. The van der Waals surface area contributed by atoms with Crippen LogP contribution < -0.4 is 0 Å². The van der Waals surface area contributed by atoms with Gasteiger partial charge in [-0.25, -0.2) is 0 Å². The first-order chi connectivity index (χ1) is 6.86. The summed E-state index contributed by atoms with van der Waals surface area (Å²) >= 11 is 0. The molecule has 1 unspecified atom stereocenters. The van der Waals surface area contributed by atoms with Crippen molar-refractivity contribution in [1.82, 2.24) is 0 Å². The smallest absolute Gasteiger partial charge is 0.0165 e. The van der Waals surface area contributed by atoms with Crippen LogP contribution in [0.15, 0.2) is 23.8 Å². The topological polar surface area (TPSA) is 0 Å². The number of rotatable bonds is 1. The summed E-state index contributed by atoms with van der Waals surface area (Å²) in [7, 11) is 0. The number of hydrogen-bond acceptors (Lipinski definition) is 0. The maximum atomic E-state index is 2.51. The van der Waals surface area contributed by atoms with Gasteiger partial charge in [0.15, 0.2) is 0 Å². The maximum absolute atomic E-state index is 2.51. The standard InChI is InChI=1S/C14H22/c1-12-7-6-10-14(11-12)13-8-4-2-3-5-9-13/h6-7,11,13-14H,2-5,8-10H2,1H3. The van der Waals surface area contributed by atoms with E-state index in [0.29, 0.717) is 0 Å². The third-order valence-electron chi connectivity index (χ3n) is 3.77. The van der Waals surface area contributed by atoms with Gasteiger partial charge in [-0.3, -0.25) is 0 Å². The van der Waals surface area contributed by atoms with Crippen LogP contribution in [-0.4, -0.2) is 0 Å². The van der Waals surface area contributed by atoms with Gasteiger partial charge in [-0.15, -0.1) is 0 Å². The predicted octanol–water partition coefficient (Wildman–Crippen LogP) is 4.48. The minimum absolute atomic E-state index is 0.859. The molecule has 2 rings (SSSR count). The van der Waals surface area contributed by atoms with Gasteiger partial charge in [0.1, 0.15) is 0 Å². The second-order valence-electron chi connectivity index (χ2n) is 4.96. The molecule has 1 saturated carbocycles. The molecular formula is C14H22. The summed E-state index contributed by atoms with van der Waals surface area (Å²) in [4.78, 5) is 0. The lowest BCUT2D eigenvalue weighted by Crippen LogP contribution is -2.13. The molecule has 0 spiro atoms. The van der Waals surface area contributed by atoms with Crippen molar-refractivity contribution in [3.63, 3.8) is 0 Å². The summed E-state index contributed by atoms with van der Waals surface area (Å²) in [6.07, 6.45) is 17.3. The van der Waals surface area contributed by atoms with Gasteiger partial charge >= 0.3 is 0 Å². The van der Waals surface area contributed by atoms with Crippen molar-refractivity contribution < 1.29 is 0 Å². The molecule has 0 amide bonds. The summed E-state index contributed by atoms with van der Waals surface area (Å²) in [5, 5.41) is 0. The van der Waals surface area contributed by atoms with E-state index in [1.54, 1.807) is 0 Å². The van der Waals surface area contributed by atoms with Crippen LogP contribution in [0.3, 0.4) is 0 Å². The largest absolute Gasteiger partial charge is 0.0837 e. The van der Waals surface area contributed by atoms with Crippen molar-refractivity contribution >= 4 is 0 Å². The van der Waals surface area contributed by atoms with Crippen molar-refractivity contribution in [2.75, 3.05) is 0 Å². The molecule has 0 aromatic rings. The highest BCUT2D eigenvalue weighted by Crippen LogP contribution is 2.34. The summed E-state index contributed by atoms with van der Waals surface area (Å²) in [5.41, 5.74) is 1.48. The fourth-order valence-corrected chi connectivity index (χ4v) is 2.94. The third kappa shape index (κ3) is 2.50. The first-order valence-corrected chi connectivity index (χ1v) is 6.21. The van der Waals surface area contributed by atoms with Gasteiger partial charge in [0, 0.05) is 0 Å². The van der Waals surface area contributed by atoms with Crippen molar-refractivity contribution in [2.45, 2.75) is 51.9 Å². The van der Waals surface area contributed by atoms with E-state index in [1.165, 1.54) is 50.5 Å². The normalized spacial score (nSPS) is 29.8. The Morgan fingerprint density at radius 3 is 2.43 bits per heavy atom. The highest BCUT2D eigenvalue weighted by Gasteiger charge is 2.21. The zero-order chi connectivity index (χ0) is 9.80. The van der Waals surface area contributed by atoms with Crippen LogP contribution in [0, 0.1) is 11.8 Å². The SMILES string of the molecule is CC1=CC(C2CCCCCC2)CC=C1. The van der Waals surface area contributed by atoms with E-state index < -0.39 is 0 Å². The van der Waals surface area contributed by atoms with E-state index >= 15 is 0 Å². The fourth-order valence-electron chi connectivity index (χ4n) is 2.94. The van der Waals surface area contributed by atoms with Crippen LogP contribution in [0.4, 0.5) is 0 Å². The fraction of sp³-hybridized carbons (Fsp3) is 0.714. The average Bonchev–Trinajstić information content (AvgIpc) is 2.45. The summed E-state index contributed by atoms with van der Waals surface area (Å²) in [5.74, 6) is 1.84. The molecule has 1 fully saturated rings. The molecule has 1 atom stereocenters. The molecule has 0 nitrogen and oxygen atoms in total. The van der Waals surface area contributed by atoms with Crippen molar-refractivity contribution in [1.29, 1.82) is 0 Å². The van der Waals surface area contributed by atoms with E-state index in [4.69, 9.17) is 0 Å². The highest BCUT2D eigenvalue weighted by atomic mass is 14.3. The molecule has 14 heavy (non-hydrogen) atoms. The van der Waals surface area contributed by atoms with Gasteiger partial charge in [0.05, 0.1) is 0 Å². The van der Waals surface area contributed by atoms with Crippen LogP contribution in [-0.2, 0) is 0 Å². The molecule has 0 heterocycles. The van der Waals surface area contributed by atoms with Crippen LogP contribution in [0.5, 0.6) is 0 Å². The van der Waals surface area contributed by atoms with Crippen LogP contribution in [0.2, 0.25) is 0 Å². The summed E-state index contributed by atoms with van der Waals surface area (Å²) in [6.45, 7) is 2.24. The Balaban J connectivity index is 1.96. The Kier molecular flexibility index (Phi) is 3.44. The maximum Gasteiger partial charge on any atom is -0.0165 e. The molecule has 0 aromatic carbocycles. The van der Waals surface area contributed by atoms with Crippen LogP contribution in [0.1, 0.15) is 51.9 Å². The Morgan fingerprint density at radius 1 is 1.07 bits per heavy atom. The zero-order valence-corrected chi connectivity index (χ0v) is 9.34. The van der Waals surface area contributed by atoms with E-state index in [2.05, 4.69) is 25.2 Å². The highest BCUT2D eigenvalue weighted by molar-refractivity contribution is 5.22. The Bertz CT molecular complexity index is 226. The number of allylic oxidation sites excluding steroid dienone is 4. The van der Waals surface area contributed by atoms with Crippen molar-refractivity contribution in [3.8, 4) is 0 Å². The van der Waals surface area contributed by atoms with Gasteiger partial charge in [0.25, 0.3) is 0 Å². The zero-order valence-electron chi connectivity index (χ0n) is 9.34. The molecule has 0 saturated heterocycles. The monoisotopic (exact) mass is 190 g/mol. The first-order valence-electron chi connectivity index (χ1n) is 6.21. The lowest BCUT2D eigenvalue weighted by molar-refractivity contribution is 0.350. The number of hydrogen-bond donors (Lipinski definition) is 0. The Morgan fingerprint density at radius 2 is 1.79 bits per heavy atom. The summed E-state index contributed by atoms with van der Waals surface area (Å²) in [6, 6.07) is 0. The minimum Gasteiger partial charge on any atom is -0.0837 e. The van der Waals surface area contributed by atoms with Crippen molar-refractivity contribution in [3.05, 3.63) is 23.8 Å². The lowest BCUT2D eigenvalue weighted by Gasteiger charge is -2.24. The van der Waals surface area contributed by atoms with Gasteiger partial charge < -0.3 is 0 Å². The molecule has 0 aliphatic heterocycles. The van der Waals surface area contributed by atoms with Crippen molar-refractivity contribution in [2.24, 2.45) is 11.8 Å². The molecule has 78 valence electrons.